The first kappa shape index (κ1) is 24.2. The first-order valence-corrected chi connectivity index (χ1v) is 14.2. The number of nitrogens with zero attached hydrogens (tertiary/aromatic N) is 5. The van der Waals surface area contributed by atoms with E-state index in [0.717, 1.165) is 65.5 Å². The summed E-state index contributed by atoms with van der Waals surface area (Å²) in [6.07, 6.45) is 14.3. The fourth-order valence-electron chi connectivity index (χ4n) is 6.18. The minimum absolute atomic E-state index is 0.309. The van der Waals surface area contributed by atoms with Crippen LogP contribution < -0.4 is 10.2 Å². The SMILES string of the molecule is Fc1cc2[nH]nc(-c3nc4c(N5CCCCC5)nccc4[nH]3)c2cc1-c1cncc(CNCC2CCCC2)c1. The molecule has 7 rings (SSSR count). The van der Waals surface area contributed by atoms with Gasteiger partial charge in [0.1, 0.15) is 17.0 Å². The van der Waals surface area contributed by atoms with Crippen LogP contribution in [0.15, 0.2) is 42.9 Å². The molecule has 0 amide bonds. The van der Waals surface area contributed by atoms with Crippen LogP contribution in [-0.2, 0) is 6.54 Å². The molecule has 1 saturated carbocycles. The molecule has 2 aliphatic rings. The van der Waals surface area contributed by atoms with Crippen molar-refractivity contribution in [2.24, 2.45) is 5.92 Å². The molecule has 39 heavy (non-hydrogen) atoms. The molecule has 0 bridgehead atoms. The van der Waals surface area contributed by atoms with E-state index < -0.39 is 0 Å². The predicted octanol–water partition coefficient (Wildman–Crippen LogP) is 5.97. The van der Waals surface area contributed by atoms with Crippen LogP contribution in [0.5, 0.6) is 0 Å². The second-order valence-corrected chi connectivity index (χ2v) is 11.0. The summed E-state index contributed by atoms with van der Waals surface area (Å²) in [5.74, 6) is 2.01. The minimum Gasteiger partial charge on any atom is -0.355 e. The van der Waals surface area contributed by atoms with Gasteiger partial charge in [0.15, 0.2) is 11.6 Å². The van der Waals surface area contributed by atoms with E-state index in [2.05, 4.69) is 35.4 Å². The van der Waals surface area contributed by atoms with Crippen LogP contribution in [-0.4, -0.2) is 49.8 Å². The van der Waals surface area contributed by atoms with Gasteiger partial charge >= 0.3 is 0 Å². The highest BCUT2D eigenvalue weighted by Gasteiger charge is 2.21. The van der Waals surface area contributed by atoms with E-state index in [-0.39, 0.29) is 5.82 Å². The summed E-state index contributed by atoms with van der Waals surface area (Å²) in [4.78, 5) is 19.7. The van der Waals surface area contributed by atoms with Crippen LogP contribution in [0.4, 0.5) is 10.2 Å². The summed E-state index contributed by atoms with van der Waals surface area (Å²) in [6.45, 7) is 3.73. The quantitative estimate of drug-likeness (QED) is 0.243. The van der Waals surface area contributed by atoms with Crippen molar-refractivity contribution in [3.05, 3.63) is 54.2 Å². The third-order valence-corrected chi connectivity index (χ3v) is 8.25. The van der Waals surface area contributed by atoms with Gasteiger partial charge in [0.25, 0.3) is 0 Å². The average Bonchev–Trinajstić information content (AvgIpc) is 3.73. The maximum Gasteiger partial charge on any atom is 0.159 e. The standard InChI is InChI=1S/C30H33FN8/c31-24-14-26-23(13-22(24)21-12-20(17-33-18-21)16-32-15-19-6-2-3-7-19)27(38-37-26)29-35-25-8-9-34-30(28(25)36-29)39-10-4-1-5-11-39/h8-9,12-14,17-19,32H,1-7,10-11,15-16H2,(H,35,36)(H,37,38). The number of piperidine rings is 1. The van der Waals surface area contributed by atoms with Crippen molar-refractivity contribution in [1.82, 2.24) is 35.5 Å². The zero-order valence-corrected chi connectivity index (χ0v) is 22.0. The molecule has 5 aromatic rings. The number of halogens is 1. The Kier molecular flexibility index (Phi) is 6.44. The number of fused-ring (bicyclic) bond motifs is 2. The number of benzene rings is 1. The third kappa shape index (κ3) is 4.76. The smallest absolute Gasteiger partial charge is 0.159 e. The van der Waals surface area contributed by atoms with Gasteiger partial charge in [-0.15, -0.1) is 0 Å². The molecule has 8 nitrogen and oxygen atoms in total. The molecule has 0 radical (unpaired) electrons. The fraction of sp³-hybridized carbons (Fsp3) is 0.400. The van der Waals surface area contributed by atoms with E-state index in [0.29, 0.717) is 22.6 Å². The Morgan fingerprint density at radius 2 is 1.87 bits per heavy atom. The normalized spacial score (nSPS) is 16.6. The van der Waals surface area contributed by atoms with E-state index in [1.807, 2.05) is 30.6 Å². The van der Waals surface area contributed by atoms with Crippen molar-refractivity contribution in [2.75, 3.05) is 24.5 Å². The van der Waals surface area contributed by atoms with Crippen LogP contribution in [0.25, 0.3) is 44.6 Å². The number of aromatic nitrogens is 6. The molecule has 5 heterocycles. The van der Waals surface area contributed by atoms with Crippen molar-refractivity contribution in [3.8, 4) is 22.6 Å². The summed E-state index contributed by atoms with van der Waals surface area (Å²) >= 11 is 0. The number of imidazole rings is 1. The van der Waals surface area contributed by atoms with Crippen molar-refractivity contribution in [1.29, 1.82) is 0 Å². The molecule has 9 heteroatoms. The molecular weight excluding hydrogens is 491 g/mol. The van der Waals surface area contributed by atoms with Crippen molar-refractivity contribution >= 4 is 27.8 Å². The lowest BCUT2D eigenvalue weighted by Crippen LogP contribution is -2.30. The summed E-state index contributed by atoms with van der Waals surface area (Å²) in [5.41, 5.74) is 5.35. The Bertz CT molecular complexity index is 1610. The van der Waals surface area contributed by atoms with Gasteiger partial charge in [0, 0.05) is 60.8 Å². The molecule has 1 saturated heterocycles. The Morgan fingerprint density at radius 1 is 1.00 bits per heavy atom. The Hall–Kier alpha value is -3.85. The monoisotopic (exact) mass is 524 g/mol. The van der Waals surface area contributed by atoms with Crippen LogP contribution in [0.2, 0.25) is 0 Å². The number of rotatable bonds is 7. The highest BCUT2D eigenvalue weighted by atomic mass is 19.1. The predicted molar refractivity (Wildman–Crippen MR) is 152 cm³/mol. The van der Waals surface area contributed by atoms with Crippen LogP contribution in [0, 0.1) is 11.7 Å². The number of hydrogen-bond acceptors (Lipinski definition) is 6. The van der Waals surface area contributed by atoms with E-state index in [1.54, 1.807) is 6.20 Å². The average molecular weight is 525 g/mol. The Morgan fingerprint density at radius 3 is 2.74 bits per heavy atom. The Balaban J connectivity index is 1.20. The highest BCUT2D eigenvalue weighted by Crippen LogP contribution is 2.34. The van der Waals surface area contributed by atoms with Crippen molar-refractivity contribution < 1.29 is 4.39 Å². The van der Waals surface area contributed by atoms with Crippen LogP contribution in [0.1, 0.15) is 50.5 Å². The Labute approximate surface area is 226 Å². The lowest BCUT2D eigenvalue weighted by atomic mass is 10.0. The molecule has 4 aromatic heterocycles. The van der Waals surface area contributed by atoms with Crippen LogP contribution in [0.3, 0.4) is 0 Å². The lowest BCUT2D eigenvalue weighted by Gasteiger charge is -2.27. The fourth-order valence-corrected chi connectivity index (χ4v) is 6.18. The number of aromatic amines is 2. The lowest BCUT2D eigenvalue weighted by molar-refractivity contribution is 0.489. The zero-order chi connectivity index (χ0) is 26.2. The number of nitrogens with one attached hydrogen (secondary N) is 3. The van der Waals surface area contributed by atoms with Gasteiger partial charge in [0.05, 0.1) is 11.0 Å². The van der Waals surface area contributed by atoms with E-state index >= 15 is 4.39 Å². The molecular formula is C30H33FN8. The number of anilines is 1. The summed E-state index contributed by atoms with van der Waals surface area (Å²) in [5, 5.41) is 11.9. The maximum absolute atomic E-state index is 15.3. The van der Waals surface area contributed by atoms with E-state index in [1.165, 1.54) is 51.0 Å². The molecule has 200 valence electrons. The maximum atomic E-state index is 15.3. The molecule has 1 aliphatic heterocycles. The van der Waals surface area contributed by atoms with Crippen molar-refractivity contribution in [3.63, 3.8) is 0 Å². The zero-order valence-electron chi connectivity index (χ0n) is 22.0. The number of H-pyrrole nitrogens is 2. The second-order valence-electron chi connectivity index (χ2n) is 11.0. The molecule has 0 unspecified atom stereocenters. The van der Waals surface area contributed by atoms with Gasteiger partial charge in [-0.25, -0.2) is 14.4 Å². The van der Waals surface area contributed by atoms with Gasteiger partial charge in [0.2, 0.25) is 0 Å². The van der Waals surface area contributed by atoms with Gasteiger partial charge < -0.3 is 15.2 Å². The van der Waals surface area contributed by atoms with Gasteiger partial charge in [-0.3, -0.25) is 10.1 Å². The summed E-state index contributed by atoms with van der Waals surface area (Å²) in [7, 11) is 0. The van der Waals surface area contributed by atoms with Gasteiger partial charge in [-0.1, -0.05) is 12.8 Å². The first-order valence-electron chi connectivity index (χ1n) is 14.2. The minimum atomic E-state index is -0.309. The molecule has 1 aromatic carbocycles. The first-order chi connectivity index (χ1) is 19.2. The topological polar surface area (TPSA) is 98.4 Å². The van der Waals surface area contributed by atoms with Gasteiger partial charge in [-0.05, 0) is 68.3 Å². The summed E-state index contributed by atoms with van der Waals surface area (Å²) < 4.78 is 15.3. The molecule has 1 aliphatic carbocycles. The van der Waals surface area contributed by atoms with Gasteiger partial charge in [-0.2, -0.15) is 5.10 Å². The molecule has 0 atom stereocenters. The molecule has 3 N–H and O–H groups in total. The number of hydrogen-bond donors (Lipinski definition) is 3. The van der Waals surface area contributed by atoms with Crippen LogP contribution >= 0.6 is 0 Å². The summed E-state index contributed by atoms with van der Waals surface area (Å²) in [6, 6.07) is 7.33. The third-order valence-electron chi connectivity index (χ3n) is 8.25. The van der Waals surface area contributed by atoms with E-state index in [9.17, 15) is 0 Å². The molecule has 0 spiro atoms. The second kappa shape index (κ2) is 10.4. The van der Waals surface area contributed by atoms with Crippen molar-refractivity contribution in [2.45, 2.75) is 51.5 Å². The highest BCUT2D eigenvalue weighted by molar-refractivity contribution is 5.97. The molecule has 2 fully saturated rings. The largest absolute Gasteiger partial charge is 0.355 e. The number of pyridine rings is 2. The van der Waals surface area contributed by atoms with E-state index in [4.69, 9.17) is 4.98 Å².